The van der Waals surface area contributed by atoms with Crippen LogP contribution < -0.4 is 5.32 Å². The number of hydrogen-bond acceptors (Lipinski definition) is 4. The molecule has 18 heavy (non-hydrogen) atoms. The molecule has 0 aliphatic heterocycles. The van der Waals surface area contributed by atoms with Gasteiger partial charge in [0.25, 0.3) is 0 Å². The van der Waals surface area contributed by atoms with Gasteiger partial charge in [0, 0.05) is 16.8 Å². The zero-order valence-electron chi connectivity index (χ0n) is 8.93. The van der Waals surface area contributed by atoms with Crippen LogP contribution in [0.3, 0.4) is 0 Å². The Hall–Kier alpha value is -1.85. The molecule has 1 N–H and O–H groups in total. The third kappa shape index (κ3) is 2.88. The van der Waals surface area contributed by atoms with Crippen LogP contribution in [0.2, 0.25) is 10.2 Å². The molecule has 92 valence electrons. The maximum absolute atomic E-state index is 10.8. The Balaban J connectivity index is 2.39. The summed E-state index contributed by atoms with van der Waals surface area (Å²) in [6.07, 6.45) is 0. The molecule has 7 heteroatoms. The monoisotopic (exact) mass is 283 g/mol. The summed E-state index contributed by atoms with van der Waals surface area (Å²) >= 11 is 11.5. The zero-order chi connectivity index (χ0) is 13.1. The number of nitrogens with one attached hydrogen (secondary N) is 1. The highest BCUT2D eigenvalue weighted by Gasteiger charge is 2.15. The molecule has 0 aliphatic carbocycles. The molecule has 1 aromatic heterocycles. The number of anilines is 2. The lowest BCUT2D eigenvalue weighted by molar-refractivity contribution is -0.384. The van der Waals surface area contributed by atoms with E-state index in [9.17, 15) is 10.1 Å². The first-order valence-corrected chi connectivity index (χ1v) is 5.65. The van der Waals surface area contributed by atoms with Crippen LogP contribution in [-0.2, 0) is 0 Å². The quantitative estimate of drug-likeness (QED) is 0.524. The summed E-state index contributed by atoms with van der Waals surface area (Å²) in [6.45, 7) is 0. The van der Waals surface area contributed by atoms with E-state index in [1.165, 1.54) is 12.1 Å². The van der Waals surface area contributed by atoms with E-state index in [0.717, 1.165) is 0 Å². The molecule has 2 aromatic rings. The van der Waals surface area contributed by atoms with Gasteiger partial charge in [-0.2, -0.15) is 0 Å². The number of rotatable bonds is 3. The summed E-state index contributed by atoms with van der Waals surface area (Å²) in [6, 6.07) is 9.44. The molecule has 0 unspecified atom stereocenters. The third-order valence-electron chi connectivity index (χ3n) is 2.12. The average molecular weight is 284 g/mol. The molecular weight excluding hydrogens is 277 g/mol. The molecular formula is C11H7Cl2N3O2. The van der Waals surface area contributed by atoms with E-state index in [1.54, 1.807) is 24.3 Å². The Labute approximate surface area is 113 Å². The normalized spacial score (nSPS) is 10.1. The Morgan fingerprint density at radius 1 is 1.22 bits per heavy atom. The molecule has 0 amide bonds. The second kappa shape index (κ2) is 5.20. The van der Waals surface area contributed by atoms with Crippen LogP contribution in [-0.4, -0.2) is 9.91 Å². The highest BCUT2D eigenvalue weighted by Crippen LogP contribution is 2.27. The van der Waals surface area contributed by atoms with Crippen molar-refractivity contribution in [1.29, 1.82) is 0 Å². The molecule has 0 bridgehead atoms. The van der Waals surface area contributed by atoms with Crippen LogP contribution in [0.1, 0.15) is 0 Å². The van der Waals surface area contributed by atoms with Crippen LogP contribution in [0.25, 0.3) is 0 Å². The van der Waals surface area contributed by atoms with Gasteiger partial charge in [-0.05, 0) is 24.3 Å². The van der Waals surface area contributed by atoms with Gasteiger partial charge in [-0.25, -0.2) is 4.98 Å². The maximum Gasteiger partial charge on any atom is 0.311 e. The summed E-state index contributed by atoms with van der Waals surface area (Å²) < 4.78 is 0. The van der Waals surface area contributed by atoms with Gasteiger partial charge >= 0.3 is 5.69 Å². The van der Waals surface area contributed by atoms with Crippen molar-refractivity contribution in [2.45, 2.75) is 0 Å². The van der Waals surface area contributed by atoms with E-state index in [2.05, 4.69) is 10.3 Å². The summed E-state index contributed by atoms with van der Waals surface area (Å²) in [7, 11) is 0. The second-order valence-corrected chi connectivity index (χ2v) is 4.22. The molecule has 0 aliphatic rings. The van der Waals surface area contributed by atoms with E-state index in [0.29, 0.717) is 10.7 Å². The lowest BCUT2D eigenvalue weighted by atomic mass is 10.3. The second-order valence-electron chi connectivity index (χ2n) is 3.39. The molecule has 0 radical (unpaired) electrons. The molecule has 1 aromatic carbocycles. The maximum atomic E-state index is 10.8. The van der Waals surface area contributed by atoms with Crippen molar-refractivity contribution < 1.29 is 4.92 Å². The number of nitro groups is 1. The van der Waals surface area contributed by atoms with Gasteiger partial charge in [0.1, 0.15) is 5.15 Å². The topological polar surface area (TPSA) is 68.1 Å². The van der Waals surface area contributed by atoms with Crippen molar-refractivity contribution in [3.8, 4) is 0 Å². The number of hydrogen-bond donors (Lipinski definition) is 1. The minimum absolute atomic E-state index is 0.0785. The Bertz CT molecular complexity index is 605. The van der Waals surface area contributed by atoms with Crippen LogP contribution in [0.5, 0.6) is 0 Å². The number of halogens is 2. The van der Waals surface area contributed by atoms with Gasteiger partial charge < -0.3 is 5.32 Å². The lowest BCUT2D eigenvalue weighted by Crippen LogP contribution is -1.99. The number of benzene rings is 1. The van der Waals surface area contributed by atoms with Crippen molar-refractivity contribution in [3.63, 3.8) is 0 Å². The van der Waals surface area contributed by atoms with E-state index >= 15 is 0 Å². The Morgan fingerprint density at radius 2 is 2.00 bits per heavy atom. The Kier molecular flexibility index (Phi) is 3.64. The van der Waals surface area contributed by atoms with Crippen molar-refractivity contribution in [3.05, 3.63) is 56.7 Å². The van der Waals surface area contributed by atoms with Crippen LogP contribution in [0.15, 0.2) is 36.4 Å². The molecule has 0 saturated heterocycles. The van der Waals surface area contributed by atoms with Crippen molar-refractivity contribution >= 4 is 40.4 Å². The highest BCUT2D eigenvalue weighted by molar-refractivity contribution is 6.31. The van der Waals surface area contributed by atoms with Gasteiger partial charge in [0.2, 0.25) is 5.82 Å². The van der Waals surface area contributed by atoms with Gasteiger partial charge in [0.05, 0.1) is 4.92 Å². The summed E-state index contributed by atoms with van der Waals surface area (Å²) in [5, 5.41) is 14.4. The van der Waals surface area contributed by atoms with Gasteiger partial charge in [-0.15, -0.1) is 0 Å². The Morgan fingerprint density at radius 3 is 2.67 bits per heavy atom. The molecule has 5 nitrogen and oxygen atoms in total. The number of nitrogens with zero attached hydrogens (tertiary/aromatic N) is 2. The fraction of sp³-hybridized carbons (Fsp3) is 0. The van der Waals surface area contributed by atoms with Crippen LogP contribution in [0, 0.1) is 10.1 Å². The summed E-state index contributed by atoms with van der Waals surface area (Å²) in [5.41, 5.74) is 0.444. The van der Waals surface area contributed by atoms with E-state index in [4.69, 9.17) is 23.2 Å². The molecule has 0 spiro atoms. The number of aromatic nitrogens is 1. The van der Waals surface area contributed by atoms with Crippen molar-refractivity contribution in [2.75, 3.05) is 5.32 Å². The van der Waals surface area contributed by atoms with Gasteiger partial charge in [0.15, 0.2) is 0 Å². The fourth-order valence-corrected chi connectivity index (χ4v) is 1.71. The molecule has 2 rings (SSSR count). The molecule has 1 heterocycles. The first-order valence-electron chi connectivity index (χ1n) is 4.90. The van der Waals surface area contributed by atoms with Crippen LogP contribution in [0.4, 0.5) is 17.2 Å². The van der Waals surface area contributed by atoms with Crippen LogP contribution >= 0.6 is 23.2 Å². The van der Waals surface area contributed by atoms with Gasteiger partial charge in [-0.1, -0.05) is 29.3 Å². The van der Waals surface area contributed by atoms with Crippen molar-refractivity contribution in [2.24, 2.45) is 0 Å². The first-order chi connectivity index (χ1) is 8.56. The molecule has 0 fully saturated rings. The summed E-state index contributed by atoms with van der Waals surface area (Å²) in [5.74, 6) is 0.0785. The minimum Gasteiger partial charge on any atom is -0.334 e. The standard InChI is InChI=1S/C11H7Cl2N3O2/c12-7-2-1-3-8(6-7)14-11-9(16(17)18)4-5-10(13)15-11/h1-6H,(H,14,15). The van der Waals surface area contributed by atoms with E-state index in [1.807, 2.05) is 0 Å². The fourth-order valence-electron chi connectivity index (χ4n) is 1.37. The molecule has 0 saturated carbocycles. The predicted molar refractivity (Wildman–Crippen MR) is 70.6 cm³/mol. The summed E-state index contributed by atoms with van der Waals surface area (Å²) in [4.78, 5) is 14.2. The third-order valence-corrected chi connectivity index (χ3v) is 2.57. The van der Waals surface area contributed by atoms with Gasteiger partial charge in [-0.3, -0.25) is 10.1 Å². The zero-order valence-corrected chi connectivity index (χ0v) is 10.4. The number of pyridine rings is 1. The first kappa shape index (κ1) is 12.6. The lowest BCUT2D eigenvalue weighted by Gasteiger charge is -2.06. The highest BCUT2D eigenvalue weighted by atomic mass is 35.5. The van der Waals surface area contributed by atoms with Crippen molar-refractivity contribution in [1.82, 2.24) is 4.98 Å². The average Bonchev–Trinajstić information content (AvgIpc) is 2.28. The SMILES string of the molecule is O=[N+]([O-])c1ccc(Cl)nc1Nc1cccc(Cl)c1. The largest absolute Gasteiger partial charge is 0.334 e. The van der Waals surface area contributed by atoms with E-state index < -0.39 is 4.92 Å². The van der Waals surface area contributed by atoms with E-state index in [-0.39, 0.29) is 16.7 Å². The smallest absolute Gasteiger partial charge is 0.311 e. The minimum atomic E-state index is -0.532. The predicted octanol–water partition coefficient (Wildman–Crippen LogP) is 4.04. The molecule has 0 atom stereocenters.